The number of fused-ring (bicyclic) bond motifs is 3. The van der Waals surface area contributed by atoms with Gasteiger partial charge in [-0.15, -0.1) is 0 Å². The number of ether oxygens (including phenoxy) is 1. The summed E-state index contributed by atoms with van der Waals surface area (Å²) in [6.07, 6.45) is 3.85. The summed E-state index contributed by atoms with van der Waals surface area (Å²) in [6.45, 7) is 4.44. The zero-order chi connectivity index (χ0) is 19.3. The van der Waals surface area contributed by atoms with Crippen molar-refractivity contribution in [2.45, 2.75) is 24.9 Å². The zero-order valence-corrected chi connectivity index (χ0v) is 16.6. The first kappa shape index (κ1) is 18.4. The van der Waals surface area contributed by atoms with Crippen molar-refractivity contribution in [3.63, 3.8) is 0 Å². The van der Waals surface area contributed by atoms with E-state index in [2.05, 4.69) is 27.5 Å². The Labute approximate surface area is 168 Å². The molecule has 2 aromatic rings. The average molecular weight is 454 g/mol. The molecule has 0 radical (unpaired) electrons. The Bertz CT molecular complexity index is 1000. The number of piperidine rings is 1. The van der Waals surface area contributed by atoms with Crippen molar-refractivity contribution >= 4 is 50.1 Å². The van der Waals surface area contributed by atoms with Gasteiger partial charge in [0.25, 0.3) is 0 Å². The van der Waals surface area contributed by atoms with Gasteiger partial charge < -0.3 is 9.64 Å². The van der Waals surface area contributed by atoms with Crippen LogP contribution >= 0.6 is 27.5 Å². The van der Waals surface area contributed by atoms with Gasteiger partial charge in [-0.1, -0.05) is 18.2 Å². The third-order valence-electron chi connectivity index (χ3n) is 5.21. The van der Waals surface area contributed by atoms with Gasteiger partial charge in [0.2, 0.25) is 5.91 Å². The maximum atomic E-state index is 14.6. The standard InChI is InChI=1S/C19H15BrClFN2O3/c1-2-14(26)24-5-3-19(4-6-24)8-13(25)11-9-23-17-10(18(11)27-19)7-12(21)15(20)16(17)22/h2,7,9H,1,3-6,8H2. The number of amides is 1. The number of carbonyl (C=O) groups is 2. The molecule has 1 saturated heterocycles. The molecule has 1 aromatic carbocycles. The topological polar surface area (TPSA) is 59.5 Å². The molecule has 0 N–H and O–H groups in total. The van der Waals surface area contributed by atoms with Gasteiger partial charge in [0.1, 0.15) is 16.9 Å². The van der Waals surface area contributed by atoms with Crippen molar-refractivity contribution in [1.82, 2.24) is 9.88 Å². The Hall–Kier alpha value is -1.99. The summed E-state index contributed by atoms with van der Waals surface area (Å²) >= 11 is 9.22. The number of halogens is 3. The molecule has 5 nitrogen and oxygen atoms in total. The molecule has 1 aromatic heterocycles. The van der Waals surface area contributed by atoms with E-state index in [9.17, 15) is 14.0 Å². The van der Waals surface area contributed by atoms with Gasteiger partial charge in [0.05, 0.1) is 21.5 Å². The SMILES string of the molecule is C=CC(=O)N1CCC2(CC1)CC(=O)c1cnc3c(F)c(Br)c(Cl)cc3c1O2. The summed E-state index contributed by atoms with van der Waals surface area (Å²) in [5.74, 6) is -0.523. The number of nitrogens with zero attached hydrogens (tertiary/aromatic N) is 2. The van der Waals surface area contributed by atoms with E-state index in [1.165, 1.54) is 12.3 Å². The van der Waals surface area contributed by atoms with Gasteiger partial charge in [-0.2, -0.15) is 0 Å². The molecule has 0 atom stereocenters. The minimum Gasteiger partial charge on any atom is -0.485 e. The number of Topliss-reactive ketones (excluding diaryl/α,β-unsaturated/α-hetero) is 1. The molecule has 1 fully saturated rings. The molecular formula is C19H15BrClFN2O3. The maximum Gasteiger partial charge on any atom is 0.245 e. The van der Waals surface area contributed by atoms with Crippen molar-refractivity contribution in [2.24, 2.45) is 0 Å². The van der Waals surface area contributed by atoms with Gasteiger partial charge in [0.15, 0.2) is 11.6 Å². The van der Waals surface area contributed by atoms with Crippen LogP contribution in [0.4, 0.5) is 4.39 Å². The number of pyridine rings is 1. The van der Waals surface area contributed by atoms with E-state index in [0.717, 1.165) is 0 Å². The number of aromatic nitrogens is 1. The monoisotopic (exact) mass is 452 g/mol. The highest BCUT2D eigenvalue weighted by Crippen LogP contribution is 2.44. The second-order valence-electron chi connectivity index (χ2n) is 6.80. The van der Waals surface area contributed by atoms with Gasteiger partial charge in [-0.3, -0.25) is 14.6 Å². The summed E-state index contributed by atoms with van der Waals surface area (Å²) in [4.78, 5) is 30.4. The van der Waals surface area contributed by atoms with Crippen molar-refractivity contribution in [3.8, 4) is 5.75 Å². The number of hydrogen-bond donors (Lipinski definition) is 0. The number of rotatable bonds is 1. The largest absolute Gasteiger partial charge is 0.485 e. The average Bonchev–Trinajstić information content (AvgIpc) is 2.66. The fourth-order valence-corrected chi connectivity index (χ4v) is 4.20. The van der Waals surface area contributed by atoms with E-state index in [0.29, 0.717) is 42.6 Å². The van der Waals surface area contributed by atoms with Crippen LogP contribution < -0.4 is 4.74 Å². The number of ketones is 1. The predicted molar refractivity (Wildman–Crippen MR) is 103 cm³/mol. The van der Waals surface area contributed by atoms with Crippen LogP contribution in [0.5, 0.6) is 5.75 Å². The Balaban J connectivity index is 1.76. The summed E-state index contributed by atoms with van der Waals surface area (Å²) in [7, 11) is 0. The molecule has 8 heteroatoms. The van der Waals surface area contributed by atoms with E-state index < -0.39 is 11.4 Å². The summed E-state index contributed by atoms with van der Waals surface area (Å²) < 4.78 is 21.0. The van der Waals surface area contributed by atoms with Crippen LogP contribution in [0.1, 0.15) is 29.6 Å². The molecule has 1 spiro atoms. The van der Waals surface area contributed by atoms with Crippen LogP contribution in [0.15, 0.2) is 29.4 Å². The Kier molecular flexibility index (Phi) is 4.47. The van der Waals surface area contributed by atoms with Gasteiger partial charge >= 0.3 is 0 Å². The van der Waals surface area contributed by atoms with Crippen LogP contribution in [0, 0.1) is 5.82 Å². The quantitative estimate of drug-likeness (QED) is 0.477. The smallest absolute Gasteiger partial charge is 0.245 e. The van der Waals surface area contributed by atoms with E-state index in [4.69, 9.17) is 16.3 Å². The summed E-state index contributed by atoms with van der Waals surface area (Å²) in [5, 5.41) is 0.549. The molecule has 0 unspecified atom stereocenters. The highest BCUT2D eigenvalue weighted by Gasteiger charge is 2.44. The van der Waals surface area contributed by atoms with Gasteiger partial charge in [-0.25, -0.2) is 4.39 Å². The third kappa shape index (κ3) is 2.93. The third-order valence-corrected chi connectivity index (χ3v) is 6.51. The Morgan fingerprint density at radius 2 is 2.15 bits per heavy atom. The molecule has 0 bridgehead atoms. The van der Waals surface area contributed by atoms with Crippen LogP contribution in [-0.2, 0) is 4.79 Å². The van der Waals surface area contributed by atoms with Crippen molar-refractivity contribution in [1.29, 1.82) is 0 Å². The maximum absolute atomic E-state index is 14.6. The van der Waals surface area contributed by atoms with Gasteiger partial charge in [-0.05, 0) is 28.1 Å². The second kappa shape index (κ2) is 6.56. The molecule has 0 aliphatic carbocycles. The number of carbonyl (C=O) groups excluding carboxylic acids is 2. The molecule has 2 aliphatic rings. The minimum atomic E-state index is -0.716. The van der Waals surface area contributed by atoms with Crippen LogP contribution in [0.2, 0.25) is 5.02 Å². The van der Waals surface area contributed by atoms with E-state index in [1.54, 1.807) is 11.0 Å². The first-order valence-electron chi connectivity index (χ1n) is 8.45. The molecule has 3 heterocycles. The highest BCUT2D eigenvalue weighted by atomic mass is 79.9. The predicted octanol–water partition coefficient (Wildman–Crippen LogP) is 4.30. The van der Waals surface area contributed by atoms with E-state index in [1.807, 2.05) is 0 Å². The van der Waals surface area contributed by atoms with Crippen LogP contribution in [0.25, 0.3) is 10.9 Å². The molecule has 1 amide bonds. The van der Waals surface area contributed by atoms with E-state index >= 15 is 0 Å². The lowest BCUT2D eigenvalue weighted by atomic mass is 9.82. The number of benzene rings is 1. The Morgan fingerprint density at radius 3 is 2.81 bits per heavy atom. The van der Waals surface area contributed by atoms with Gasteiger partial charge in [0, 0.05) is 37.5 Å². The van der Waals surface area contributed by atoms with E-state index in [-0.39, 0.29) is 33.1 Å². The second-order valence-corrected chi connectivity index (χ2v) is 8.00. The normalized spacial score (nSPS) is 18.3. The molecule has 2 aliphatic heterocycles. The first-order chi connectivity index (χ1) is 12.8. The summed E-state index contributed by atoms with van der Waals surface area (Å²) in [6, 6.07) is 1.55. The van der Waals surface area contributed by atoms with Crippen LogP contribution in [0.3, 0.4) is 0 Å². The fraction of sp³-hybridized carbons (Fsp3) is 0.316. The highest BCUT2D eigenvalue weighted by molar-refractivity contribution is 9.10. The fourth-order valence-electron chi connectivity index (χ4n) is 3.71. The molecule has 0 saturated carbocycles. The van der Waals surface area contributed by atoms with Crippen molar-refractivity contribution in [3.05, 3.63) is 45.8 Å². The molecule has 4 rings (SSSR count). The zero-order valence-electron chi connectivity index (χ0n) is 14.2. The number of hydrogen-bond acceptors (Lipinski definition) is 4. The lowest BCUT2D eigenvalue weighted by Crippen LogP contribution is -2.52. The number of likely N-dealkylation sites (tertiary alicyclic amines) is 1. The summed E-state index contributed by atoms with van der Waals surface area (Å²) in [5.41, 5.74) is -0.295. The molecular weight excluding hydrogens is 439 g/mol. The molecule has 27 heavy (non-hydrogen) atoms. The van der Waals surface area contributed by atoms with Crippen molar-refractivity contribution < 1.29 is 18.7 Å². The lowest BCUT2D eigenvalue weighted by Gasteiger charge is -2.43. The first-order valence-corrected chi connectivity index (χ1v) is 9.62. The Morgan fingerprint density at radius 1 is 1.44 bits per heavy atom. The van der Waals surface area contributed by atoms with Crippen molar-refractivity contribution in [2.75, 3.05) is 13.1 Å². The van der Waals surface area contributed by atoms with Crippen LogP contribution in [-0.4, -0.2) is 40.3 Å². The minimum absolute atomic E-state index is 0.0918. The molecule has 140 valence electrons. The lowest BCUT2D eigenvalue weighted by molar-refractivity contribution is -0.129.